The van der Waals surface area contributed by atoms with E-state index in [4.69, 9.17) is 4.74 Å². The van der Waals surface area contributed by atoms with Crippen LogP contribution < -0.4 is 4.74 Å². The van der Waals surface area contributed by atoms with Crippen molar-refractivity contribution in [1.29, 1.82) is 0 Å². The van der Waals surface area contributed by atoms with Crippen molar-refractivity contribution >= 4 is 0 Å². The summed E-state index contributed by atoms with van der Waals surface area (Å²) in [5.74, 6) is 0.804. The Kier molecular flexibility index (Phi) is 4.91. The summed E-state index contributed by atoms with van der Waals surface area (Å²) in [4.78, 5) is 0. The van der Waals surface area contributed by atoms with Gasteiger partial charge in [0.2, 0.25) is 0 Å². The number of hydrogen-bond donors (Lipinski definition) is 1. The van der Waals surface area contributed by atoms with E-state index in [1.165, 1.54) is 5.56 Å². The first-order chi connectivity index (χ1) is 7.22. The van der Waals surface area contributed by atoms with Crippen LogP contribution in [-0.4, -0.2) is 17.8 Å². The highest BCUT2D eigenvalue weighted by atomic mass is 16.5. The molecule has 1 aromatic carbocycles. The lowest BCUT2D eigenvalue weighted by Gasteiger charge is -2.11. The molecule has 0 radical (unpaired) electrons. The molecule has 0 fully saturated rings. The number of ether oxygens (including phenoxy) is 1. The van der Waals surface area contributed by atoms with Gasteiger partial charge in [-0.1, -0.05) is 23.8 Å². The summed E-state index contributed by atoms with van der Waals surface area (Å²) in [5.41, 5.74) is 1.20. The predicted octanol–water partition coefficient (Wildman–Crippen LogP) is 2.70. The van der Waals surface area contributed by atoms with Gasteiger partial charge in [-0.15, -0.1) is 6.58 Å². The Morgan fingerprint density at radius 2 is 2.07 bits per heavy atom. The zero-order valence-electron chi connectivity index (χ0n) is 9.15. The first-order valence-corrected chi connectivity index (χ1v) is 5.21. The lowest BCUT2D eigenvalue weighted by Crippen LogP contribution is -2.16. The molecule has 82 valence electrons. The van der Waals surface area contributed by atoms with Gasteiger partial charge in [-0.05, 0) is 31.9 Å². The highest BCUT2D eigenvalue weighted by molar-refractivity contribution is 5.26. The highest BCUT2D eigenvalue weighted by Crippen LogP contribution is 2.12. The molecule has 15 heavy (non-hydrogen) atoms. The third-order valence-electron chi connectivity index (χ3n) is 2.17. The molecule has 0 bridgehead atoms. The number of aryl methyl sites for hydroxylation is 1. The van der Waals surface area contributed by atoms with Crippen molar-refractivity contribution in [2.75, 3.05) is 6.61 Å². The van der Waals surface area contributed by atoms with Crippen molar-refractivity contribution in [2.24, 2.45) is 0 Å². The van der Waals surface area contributed by atoms with E-state index in [0.29, 0.717) is 13.0 Å². The van der Waals surface area contributed by atoms with Crippen LogP contribution in [0.1, 0.15) is 18.4 Å². The average Bonchev–Trinajstić information content (AvgIpc) is 2.25. The quantitative estimate of drug-likeness (QED) is 0.725. The van der Waals surface area contributed by atoms with E-state index in [2.05, 4.69) is 6.58 Å². The molecule has 2 nitrogen and oxygen atoms in total. The van der Waals surface area contributed by atoms with Gasteiger partial charge < -0.3 is 9.84 Å². The fourth-order valence-electron chi connectivity index (χ4n) is 1.22. The number of hydrogen-bond acceptors (Lipinski definition) is 2. The highest BCUT2D eigenvalue weighted by Gasteiger charge is 2.03. The summed E-state index contributed by atoms with van der Waals surface area (Å²) < 4.78 is 5.44. The molecule has 0 saturated carbocycles. The van der Waals surface area contributed by atoms with E-state index >= 15 is 0 Å². The van der Waals surface area contributed by atoms with Crippen LogP contribution in [0.3, 0.4) is 0 Å². The minimum atomic E-state index is -0.413. The van der Waals surface area contributed by atoms with Gasteiger partial charge in [0.1, 0.15) is 12.4 Å². The molecule has 0 spiro atoms. The van der Waals surface area contributed by atoms with Gasteiger partial charge in [-0.3, -0.25) is 0 Å². The maximum atomic E-state index is 9.52. The minimum absolute atomic E-state index is 0.344. The van der Waals surface area contributed by atoms with E-state index < -0.39 is 6.10 Å². The molecule has 0 aliphatic rings. The van der Waals surface area contributed by atoms with Crippen LogP contribution in [0.15, 0.2) is 36.9 Å². The number of allylic oxidation sites excluding steroid dienone is 1. The Morgan fingerprint density at radius 3 is 2.67 bits per heavy atom. The van der Waals surface area contributed by atoms with Crippen LogP contribution in [0.25, 0.3) is 0 Å². The van der Waals surface area contributed by atoms with Crippen molar-refractivity contribution in [2.45, 2.75) is 25.9 Å². The Labute approximate surface area is 91.2 Å². The second-order valence-electron chi connectivity index (χ2n) is 3.64. The van der Waals surface area contributed by atoms with Crippen molar-refractivity contribution < 1.29 is 9.84 Å². The van der Waals surface area contributed by atoms with Gasteiger partial charge in [0.15, 0.2) is 0 Å². The number of rotatable bonds is 6. The molecule has 1 aromatic rings. The van der Waals surface area contributed by atoms with Crippen molar-refractivity contribution in [1.82, 2.24) is 0 Å². The summed E-state index contributed by atoms with van der Waals surface area (Å²) in [5, 5.41) is 9.52. The SMILES string of the molecule is C=CCCC(O)COc1ccc(C)cc1. The first kappa shape index (κ1) is 11.8. The smallest absolute Gasteiger partial charge is 0.119 e. The minimum Gasteiger partial charge on any atom is -0.491 e. The largest absolute Gasteiger partial charge is 0.491 e. The van der Waals surface area contributed by atoms with Gasteiger partial charge >= 0.3 is 0 Å². The summed E-state index contributed by atoms with van der Waals surface area (Å²) in [6.45, 7) is 5.98. The summed E-state index contributed by atoms with van der Waals surface area (Å²) >= 11 is 0. The Balaban J connectivity index is 2.30. The molecule has 2 heteroatoms. The number of aliphatic hydroxyl groups is 1. The molecule has 0 aliphatic heterocycles. The lowest BCUT2D eigenvalue weighted by atomic mass is 10.2. The molecule has 1 unspecified atom stereocenters. The fraction of sp³-hybridized carbons (Fsp3) is 0.385. The van der Waals surface area contributed by atoms with Crippen LogP contribution in [0, 0.1) is 6.92 Å². The second-order valence-corrected chi connectivity index (χ2v) is 3.64. The molecule has 0 heterocycles. The maximum absolute atomic E-state index is 9.52. The van der Waals surface area contributed by atoms with E-state index in [1.54, 1.807) is 6.08 Å². The summed E-state index contributed by atoms with van der Waals surface area (Å²) in [6.07, 6.45) is 2.91. The fourth-order valence-corrected chi connectivity index (χ4v) is 1.22. The lowest BCUT2D eigenvalue weighted by molar-refractivity contribution is 0.101. The number of benzene rings is 1. The Hall–Kier alpha value is -1.28. The average molecular weight is 206 g/mol. The Morgan fingerprint density at radius 1 is 1.40 bits per heavy atom. The number of aliphatic hydroxyl groups excluding tert-OH is 1. The van der Waals surface area contributed by atoms with E-state index in [-0.39, 0.29) is 0 Å². The molecular weight excluding hydrogens is 188 g/mol. The molecular formula is C13H18O2. The molecule has 1 rings (SSSR count). The maximum Gasteiger partial charge on any atom is 0.119 e. The van der Waals surface area contributed by atoms with Crippen LogP contribution in [0.5, 0.6) is 5.75 Å². The van der Waals surface area contributed by atoms with Crippen molar-refractivity contribution in [3.8, 4) is 5.75 Å². The van der Waals surface area contributed by atoms with E-state index in [9.17, 15) is 5.11 Å². The molecule has 0 saturated heterocycles. The van der Waals surface area contributed by atoms with Crippen LogP contribution in [0.2, 0.25) is 0 Å². The molecule has 1 atom stereocenters. The third-order valence-corrected chi connectivity index (χ3v) is 2.17. The monoisotopic (exact) mass is 206 g/mol. The van der Waals surface area contributed by atoms with Crippen LogP contribution in [0.4, 0.5) is 0 Å². The zero-order valence-corrected chi connectivity index (χ0v) is 9.15. The summed E-state index contributed by atoms with van der Waals surface area (Å²) in [7, 11) is 0. The standard InChI is InChI=1S/C13H18O2/c1-3-4-5-12(14)10-15-13-8-6-11(2)7-9-13/h3,6-9,12,14H,1,4-5,10H2,2H3. The van der Waals surface area contributed by atoms with Gasteiger partial charge in [-0.25, -0.2) is 0 Å². The normalized spacial score (nSPS) is 12.1. The Bertz CT molecular complexity index is 290. The van der Waals surface area contributed by atoms with Crippen molar-refractivity contribution in [3.05, 3.63) is 42.5 Å². The summed E-state index contributed by atoms with van der Waals surface area (Å²) in [6, 6.07) is 7.81. The first-order valence-electron chi connectivity index (χ1n) is 5.21. The van der Waals surface area contributed by atoms with Crippen LogP contribution in [-0.2, 0) is 0 Å². The van der Waals surface area contributed by atoms with Crippen LogP contribution >= 0.6 is 0 Å². The van der Waals surface area contributed by atoms with Gasteiger partial charge in [-0.2, -0.15) is 0 Å². The van der Waals surface area contributed by atoms with E-state index in [0.717, 1.165) is 12.2 Å². The predicted molar refractivity (Wildman–Crippen MR) is 62.1 cm³/mol. The third kappa shape index (κ3) is 4.66. The molecule has 0 amide bonds. The van der Waals surface area contributed by atoms with Gasteiger partial charge in [0.05, 0.1) is 6.10 Å². The van der Waals surface area contributed by atoms with Crippen molar-refractivity contribution in [3.63, 3.8) is 0 Å². The van der Waals surface area contributed by atoms with Gasteiger partial charge in [0.25, 0.3) is 0 Å². The second kappa shape index (κ2) is 6.25. The van der Waals surface area contributed by atoms with E-state index in [1.807, 2.05) is 31.2 Å². The molecule has 0 aromatic heterocycles. The topological polar surface area (TPSA) is 29.5 Å². The molecule has 1 N–H and O–H groups in total. The molecule has 0 aliphatic carbocycles. The van der Waals surface area contributed by atoms with Gasteiger partial charge in [0, 0.05) is 0 Å². The zero-order chi connectivity index (χ0) is 11.1.